The van der Waals surface area contributed by atoms with E-state index < -0.39 is 12.1 Å². The van der Waals surface area contributed by atoms with Crippen LogP contribution in [0.25, 0.3) is 0 Å². The van der Waals surface area contributed by atoms with Crippen LogP contribution in [0.15, 0.2) is 54.6 Å². The van der Waals surface area contributed by atoms with Gasteiger partial charge in [0.2, 0.25) is 5.91 Å². The number of nitrogens with one attached hydrogen (secondary N) is 2. The smallest absolute Gasteiger partial charge is 0.312 e. The number of hydrogen-bond donors (Lipinski definition) is 3. The van der Waals surface area contributed by atoms with E-state index in [-0.39, 0.29) is 5.91 Å². The van der Waals surface area contributed by atoms with Crippen molar-refractivity contribution in [1.82, 2.24) is 5.32 Å². The van der Waals surface area contributed by atoms with E-state index in [1.54, 1.807) is 24.3 Å². The van der Waals surface area contributed by atoms with Gasteiger partial charge in [-0.15, -0.1) is 6.42 Å². The van der Waals surface area contributed by atoms with E-state index in [2.05, 4.69) is 16.6 Å². The van der Waals surface area contributed by atoms with Crippen LogP contribution in [0.5, 0.6) is 0 Å². The minimum absolute atomic E-state index is 0.338. The summed E-state index contributed by atoms with van der Waals surface area (Å²) < 4.78 is 0. The van der Waals surface area contributed by atoms with Gasteiger partial charge in [-0.05, 0) is 23.8 Å². The Labute approximate surface area is 134 Å². The predicted octanol–water partition coefficient (Wildman–Crippen LogP) is 1.89. The van der Waals surface area contributed by atoms with E-state index in [9.17, 15) is 9.59 Å². The summed E-state index contributed by atoms with van der Waals surface area (Å²) in [5, 5.41) is 5.20. The van der Waals surface area contributed by atoms with E-state index in [1.807, 2.05) is 30.3 Å². The van der Waals surface area contributed by atoms with Crippen molar-refractivity contribution in [3.05, 3.63) is 65.7 Å². The lowest BCUT2D eigenvalue weighted by Crippen LogP contribution is -2.47. The van der Waals surface area contributed by atoms with Gasteiger partial charge in [-0.1, -0.05) is 42.3 Å². The summed E-state index contributed by atoms with van der Waals surface area (Å²) in [6, 6.07) is 14.8. The Hall–Kier alpha value is -3.26. The molecule has 0 aromatic heterocycles. The summed E-state index contributed by atoms with van der Waals surface area (Å²) in [6.07, 6.45) is 5.68. The first kappa shape index (κ1) is 16.1. The number of carbonyl (C=O) groups excluding carboxylic acids is 2. The number of carbonyl (C=O) groups is 2. The van der Waals surface area contributed by atoms with Gasteiger partial charge in [-0.25, -0.2) is 4.79 Å². The summed E-state index contributed by atoms with van der Waals surface area (Å²) in [5.41, 5.74) is 7.31. The van der Waals surface area contributed by atoms with Gasteiger partial charge in [0.05, 0.1) is 0 Å². The van der Waals surface area contributed by atoms with Crippen LogP contribution in [-0.2, 0) is 11.2 Å². The molecule has 0 radical (unpaired) electrons. The number of terminal acetylenes is 1. The SMILES string of the molecule is C#Cc1cccc(NC(=O)C(Cc2ccccc2)NC(N)=O)c1. The summed E-state index contributed by atoms with van der Waals surface area (Å²) >= 11 is 0. The van der Waals surface area contributed by atoms with Crippen molar-refractivity contribution in [2.24, 2.45) is 5.73 Å². The van der Waals surface area contributed by atoms with Crippen molar-refractivity contribution in [1.29, 1.82) is 0 Å². The molecule has 0 bridgehead atoms. The third kappa shape index (κ3) is 4.90. The molecule has 116 valence electrons. The maximum Gasteiger partial charge on any atom is 0.312 e. The van der Waals surface area contributed by atoms with Crippen molar-refractivity contribution in [3.8, 4) is 12.3 Å². The Bertz CT molecular complexity index is 735. The highest BCUT2D eigenvalue weighted by Crippen LogP contribution is 2.11. The molecule has 2 rings (SSSR count). The first-order valence-electron chi connectivity index (χ1n) is 7.06. The Kier molecular flexibility index (Phi) is 5.37. The molecule has 3 amide bonds. The zero-order valence-electron chi connectivity index (χ0n) is 12.5. The van der Waals surface area contributed by atoms with Gasteiger partial charge in [-0.2, -0.15) is 0 Å². The minimum atomic E-state index is -0.774. The number of benzene rings is 2. The summed E-state index contributed by atoms with van der Waals surface area (Å²) in [7, 11) is 0. The highest BCUT2D eigenvalue weighted by Gasteiger charge is 2.20. The number of rotatable bonds is 5. The molecule has 0 aliphatic carbocycles. The van der Waals surface area contributed by atoms with Crippen LogP contribution in [0.4, 0.5) is 10.5 Å². The summed E-state index contributed by atoms with van der Waals surface area (Å²) in [5.74, 6) is 2.14. The van der Waals surface area contributed by atoms with E-state index in [0.717, 1.165) is 5.56 Å². The van der Waals surface area contributed by atoms with Crippen LogP contribution in [0.1, 0.15) is 11.1 Å². The molecule has 0 spiro atoms. The van der Waals surface area contributed by atoms with Crippen LogP contribution in [0, 0.1) is 12.3 Å². The van der Waals surface area contributed by atoms with E-state index in [4.69, 9.17) is 12.2 Å². The van der Waals surface area contributed by atoms with Crippen LogP contribution in [0.2, 0.25) is 0 Å². The molecule has 0 saturated heterocycles. The van der Waals surface area contributed by atoms with Crippen molar-refractivity contribution in [3.63, 3.8) is 0 Å². The fourth-order valence-electron chi connectivity index (χ4n) is 2.15. The zero-order chi connectivity index (χ0) is 16.7. The standard InChI is InChI=1S/C18H17N3O2/c1-2-13-9-6-10-15(11-13)20-17(22)16(21-18(19)23)12-14-7-4-3-5-8-14/h1,3-11,16H,12H2,(H,20,22)(H3,19,21,23). The van der Waals surface area contributed by atoms with E-state index >= 15 is 0 Å². The molecule has 1 unspecified atom stereocenters. The fraction of sp³-hybridized carbons (Fsp3) is 0.111. The first-order valence-corrected chi connectivity index (χ1v) is 7.06. The lowest BCUT2D eigenvalue weighted by Gasteiger charge is -2.17. The molecular formula is C18H17N3O2. The lowest BCUT2D eigenvalue weighted by atomic mass is 10.1. The molecule has 2 aromatic rings. The Morgan fingerprint density at radius 1 is 1.13 bits per heavy atom. The molecule has 0 aliphatic rings. The van der Waals surface area contributed by atoms with Crippen molar-refractivity contribution < 1.29 is 9.59 Å². The van der Waals surface area contributed by atoms with Crippen molar-refractivity contribution in [2.45, 2.75) is 12.5 Å². The van der Waals surface area contributed by atoms with Gasteiger partial charge in [0.25, 0.3) is 0 Å². The second-order valence-electron chi connectivity index (χ2n) is 4.97. The second-order valence-corrected chi connectivity index (χ2v) is 4.97. The molecule has 4 N–H and O–H groups in total. The molecule has 0 heterocycles. The van der Waals surface area contributed by atoms with Crippen LogP contribution in [-0.4, -0.2) is 18.0 Å². The van der Waals surface area contributed by atoms with Gasteiger partial charge >= 0.3 is 6.03 Å². The first-order chi connectivity index (χ1) is 11.1. The van der Waals surface area contributed by atoms with Crippen LogP contribution < -0.4 is 16.4 Å². The summed E-state index contributed by atoms with van der Waals surface area (Å²) in [4.78, 5) is 23.6. The lowest BCUT2D eigenvalue weighted by molar-refractivity contribution is -0.117. The summed E-state index contributed by atoms with van der Waals surface area (Å²) in [6.45, 7) is 0. The van der Waals surface area contributed by atoms with Gasteiger partial charge < -0.3 is 16.4 Å². The normalized spacial score (nSPS) is 11.1. The zero-order valence-corrected chi connectivity index (χ0v) is 12.5. The topological polar surface area (TPSA) is 84.2 Å². The monoisotopic (exact) mass is 307 g/mol. The van der Waals surface area contributed by atoms with Crippen LogP contribution in [0.3, 0.4) is 0 Å². The Morgan fingerprint density at radius 3 is 2.52 bits per heavy atom. The molecule has 23 heavy (non-hydrogen) atoms. The highest BCUT2D eigenvalue weighted by molar-refractivity contribution is 5.97. The molecule has 5 nitrogen and oxygen atoms in total. The van der Waals surface area contributed by atoms with E-state index in [1.165, 1.54) is 0 Å². The number of nitrogens with two attached hydrogens (primary N) is 1. The van der Waals surface area contributed by atoms with Gasteiger partial charge in [0.1, 0.15) is 6.04 Å². The maximum atomic E-state index is 12.4. The molecule has 0 aliphatic heterocycles. The van der Waals surface area contributed by atoms with Gasteiger partial charge in [0.15, 0.2) is 0 Å². The third-order valence-electron chi connectivity index (χ3n) is 3.21. The number of anilines is 1. The van der Waals surface area contributed by atoms with Crippen LogP contribution >= 0.6 is 0 Å². The van der Waals surface area contributed by atoms with Crippen molar-refractivity contribution >= 4 is 17.6 Å². The molecule has 5 heteroatoms. The number of amides is 3. The van der Waals surface area contributed by atoms with E-state index in [0.29, 0.717) is 17.7 Å². The quantitative estimate of drug-likeness (QED) is 0.737. The Balaban J connectivity index is 2.12. The molecule has 1 atom stereocenters. The largest absolute Gasteiger partial charge is 0.352 e. The number of urea groups is 1. The molecular weight excluding hydrogens is 290 g/mol. The average molecular weight is 307 g/mol. The maximum absolute atomic E-state index is 12.4. The third-order valence-corrected chi connectivity index (χ3v) is 3.21. The predicted molar refractivity (Wildman–Crippen MR) is 89.7 cm³/mol. The van der Waals surface area contributed by atoms with Gasteiger partial charge in [0, 0.05) is 17.7 Å². The Morgan fingerprint density at radius 2 is 1.87 bits per heavy atom. The molecule has 2 aromatic carbocycles. The molecule has 0 saturated carbocycles. The number of primary amides is 1. The van der Waals surface area contributed by atoms with Crippen molar-refractivity contribution in [2.75, 3.05) is 5.32 Å². The fourth-order valence-corrected chi connectivity index (χ4v) is 2.15. The number of hydrogen-bond acceptors (Lipinski definition) is 2. The minimum Gasteiger partial charge on any atom is -0.352 e. The highest BCUT2D eigenvalue weighted by atomic mass is 16.2. The molecule has 0 fully saturated rings. The van der Waals surface area contributed by atoms with Gasteiger partial charge in [-0.3, -0.25) is 4.79 Å². The average Bonchev–Trinajstić information content (AvgIpc) is 2.55. The second kappa shape index (κ2) is 7.66.